The Labute approximate surface area is 108 Å². The first-order valence-corrected chi connectivity index (χ1v) is 6.02. The number of halogens is 1. The van der Waals surface area contributed by atoms with E-state index in [4.69, 9.17) is 16.3 Å². The van der Waals surface area contributed by atoms with Gasteiger partial charge in [0.2, 0.25) is 0 Å². The Morgan fingerprint density at radius 3 is 2.65 bits per heavy atom. The molecule has 94 valence electrons. The van der Waals surface area contributed by atoms with Gasteiger partial charge in [-0.2, -0.15) is 0 Å². The van der Waals surface area contributed by atoms with Gasteiger partial charge < -0.3 is 9.84 Å². The molecule has 3 heteroatoms. The van der Waals surface area contributed by atoms with Crippen LogP contribution in [-0.2, 0) is 0 Å². The lowest BCUT2D eigenvalue weighted by molar-refractivity contribution is 0.0722. The van der Waals surface area contributed by atoms with Gasteiger partial charge in [-0.3, -0.25) is 0 Å². The van der Waals surface area contributed by atoms with Crippen LogP contribution < -0.4 is 4.74 Å². The molecular formula is C14H19ClO2. The quantitative estimate of drug-likeness (QED) is 0.863. The zero-order chi connectivity index (χ0) is 12.9. The molecule has 0 saturated heterocycles. The van der Waals surface area contributed by atoms with Crippen molar-refractivity contribution < 1.29 is 9.84 Å². The molecule has 2 nitrogen and oxygen atoms in total. The lowest BCUT2D eigenvalue weighted by Crippen LogP contribution is -2.17. The topological polar surface area (TPSA) is 29.5 Å². The minimum atomic E-state index is -0.617. The molecule has 0 spiro atoms. The summed E-state index contributed by atoms with van der Waals surface area (Å²) in [6, 6.07) is 5.58. The highest BCUT2D eigenvalue weighted by atomic mass is 35.5. The number of hydrogen-bond donors (Lipinski definition) is 1. The first-order valence-electron chi connectivity index (χ1n) is 5.65. The molecule has 1 N–H and O–H groups in total. The molecule has 0 saturated carbocycles. The van der Waals surface area contributed by atoms with Crippen molar-refractivity contribution in [1.29, 1.82) is 0 Å². The largest absolute Gasteiger partial charge is 0.497 e. The molecule has 1 rings (SSSR count). The zero-order valence-electron chi connectivity index (χ0n) is 10.5. The fourth-order valence-electron chi connectivity index (χ4n) is 1.42. The first kappa shape index (κ1) is 14.1. The normalized spacial score (nSPS) is 12.1. The van der Waals surface area contributed by atoms with Crippen LogP contribution in [0.15, 0.2) is 24.3 Å². The van der Waals surface area contributed by atoms with Crippen molar-refractivity contribution in [2.24, 2.45) is 0 Å². The van der Waals surface area contributed by atoms with Crippen molar-refractivity contribution in [2.75, 3.05) is 7.11 Å². The second kappa shape index (κ2) is 6.08. The third-order valence-corrected chi connectivity index (χ3v) is 2.76. The first-order chi connectivity index (χ1) is 7.92. The summed E-state index contributed by atoms with van der Waals surface area (Å²) in [4.78, 5) is 0. The summed E-state index contributed by atoms with van der Waals surface area (Å²) in [5, 5.41) is 10.2. The molecule has 0 fully saturated rings. The molecule has 0 aliphatic rings. The highest BCUT2D eigenvalue weighted by Crippen LogP contribution is 2.23. The van der Waals surface area contributed by atoms with Crippen LogP contribution >= 0.6 is 11.6 Å². The second-order valence-corrected chi connectivity index (χ2v) is 5.05. The van der Waals surface area contributed by atoms with Crippen LogP contribution in [0.3, 0.4) is 0 Å². The third-order valence-electron chi connectivity index (χ3n) is 2.43. The molecule has 17 heavy (non-hydrogen) atoms. The van der Waals surface area contributed by atoms with E-state index in [0.717, 1.165) is 24.2 Å². The lowest BCUT2D eigenvalue weighted by atomic mass is 10.0. The predicted octanol–water partition coefficient (Wildman–Crippen LogP) is 3.91. The van der Waals surface area contributed by atoms with Crippen molar-refractivity contribution in [3.63, 3.8) is 0 Å². The van der Waals surface area contributed by atoms with E-state index in [9.17, 15) is 5.11 Å². The van der Waals surface area contributed by atoms with E-state index in [2.05, 4.69) is 0 Å². The maximum atomic E-state index is 9.56. The second-order valence-electron chi connectivity index (χ2n) is 4.64. The number of ether oxygens (including phenoxy) is 1. The van der Waals surface area contributed by atoms with Crippen molar-refractivity contribution >= 4 is 17.7 Å². The molecule has 0 radical (unpaired) electrons. The Hall–Kier alpha value is -0.990. The Morgan fingerprint density at radius 2 is 2.12 bits per heavy atom. The predicted molar refractivity (Wildman–Crippen MR) is 72.6 cm³/mol. The summed E-state index contributed by atoms with van der Waals surface area (Å²) in [7, 11) is 1.62. The van der Waals surface area contributed by atoms with Crippen molar-refractivity contribution in [2.45, 2.75) is 32.3 Å². The molecule has 0 heterocycles. The van der Waals surface area contributed by atoms with Crippen LogP contribution in [0.1, 0.15) is 32.3 Å². The Kier molecular flexibility index (Phi) is 5.03. The van der Waals surface area contributed by atoms with Crippen LogP contribution in [0, 0.1) is 0 Å². The number of aliphatic hydroxyl groups is 1. The van der Waals surface area contributed by atoms with Crippen molar-refractivity contribution in [3.8, 4) is 5.75 Å². The van der Waals surface area contributed by atoms with Crippen LogP contribution in [0.2, 0.25) is 5.02 Å². The maximum absolute atomic E-state index is 9.56. The number of rotatable bonds is 5. The lowest BCUT2D eigenvalue weighted by Gasteiger charge is -2.14. The van der Waals surface area contributed by atoms with E-state index in [-0.39, 0.29) is 0 Å². The Bertz CT molecular complexity index is 392. The Balaban J connectivity index is 2.60. The van der Waals surface area contributed by atoms with Crippen LogP contribution in [0.25, 0.3) is 6.08 Å². The molecule has 0 aliphatic heterocycles. The fourth-order valence-corrected chi connectivity index (χ4v) is 1.65. The smallest absolute Gasteiger partial charge is 0.120 e. The number of benzene rings is 1. The van der Waals surface area contributed by atoms with Crippen molar-refractivity contribution in [3.05, 3.63) is 34.9 Å². The fraction of sp³-hybridized carbons (Fsp3) is 0.429. The van der Waals surface area contributed by atoms with Gasteiger partial charge in [-0.05, 0) is 50.5 Å². The molecule has 0 aliphatic carbocycles. The van der Waals surface area contributed by atoms with Crippen LogP contribution in [0.4, 0.5) is 0 Å². The van der Waals surface area contributed by atoms with Gasteiger partial charge in [0.05, 0.1) is 17.7 Å². The molecule has 0 amide bonds. The van der Waals surface area contributed by atoms with E-state index >= 15 is 0 Å². The average Bonchev–Trinajstić information content (AvgIpc) is 2.24. The van der Waals surface area contributed by atoms with Crippen molar-refractivity contribution in [1.82, 2.24) is 0 Å². The SMILES string of the molecule is COc1ccc(/C=C/CCC(C)(C)O)c(Cl)c1. The molecule has 0 atom stereocenters. The molecule has 1 aromatic carbocycles. The summed E-state index contributed by atoms with van der Waals surface area (Å²) in [5.41, 5.74) is 0.344. The van der Waals surface area contributed by atoms with E-state index in [1.165, 1.54) is 0 Å². The van der Waals surface area contributed by atoms with Crippen LogP contribution in [-0.4, -0.2) is 17.8 Å². The van der Waals surface area contributed by atoms with E-state index in [1.807, 2.05) is 24.3 Å². The summed E-state index contributed by atoms with van der Waals surface area (Å²) in [6.45, 7) is 3.61. The number of methoxy groups -OCH3 is 1. The Morgan fingerprint density at radius 1 is 1.41 bits per heavy atom. The highest BCUT2D eigenvalue weighted by Gasteiger charge is 2.09. The maximum Gasteiger partial charge on any atom is 0.120 e. The summed E-state index contributed by atoms with van der Waals surface area (Å²) < 4.78 is 5.08. The molecule has 0 bridgehead atoms. The molecular weight excluding hydrogens is 236 g/mol. The minimum absolute atomic E-state index is 0.617. The number of allylic oxidation sites excluding steroid dienone is 1. The van der Waals surface area contributed by atoms with Gasteiger partial charge in [0.25, 0.3) is 0 Å². The van der Waals surface area contributed by atoms with E-state index in [0.29, 0.717) is 5.02 Å². The van der Waals surface area contributed by atoms with E-state index in [1.54, 1.807) is 27.0 Å². The minimum Gasteiger partial charge on any atom is -0.497 e. The van der Waals surface area contributed by atoms with Gasteiger partial charge in [-0.25, -0.2) is 0 Å². The molecule has 0 aromatic heterocycles. The molecule has 1 aromatic rings. The summed E-state index contributed by atoms with van der Waals surface area (Å²) >= 11 is 6.10. The average molecular weight is 255 g/mol. The molecule has 0 unspecified atom stereocenters. The van der Waals surface area contributed by atoms with Gasteiger partial charge in [0.1, 0.15) is 5.75 Å². The number of hydrogen-bond acceptors (Lipinski definition) is 2. The summed E-state index contributed by atoms with van der Waals surface area (Å²) in [5.74, 6) is 0.753. The van der Waals surface area contributed by atoms with Gasteiger partial charge in [0, 0.05) is 0 Å². The van der Waals surface area contributed by atoms with Gasteiger partial charge in [-0.1, -0.05) is 23.8 Å². The third kappa shape index (κ3) is 5.24. The van der Waals surface area contributed by atoms with Gasteiger partial charge >= 0.3 is 0 Å². The van der Waals surface area contributed by atoms with Gasteiger partial charge in [0.15, 0.2) is 0 Å². The van der Waals surface area contributed by atoms with Gasteiger partial charge in [-0.15, -0.1) is 0 Å². The highest BCUT2D eigenvalue weighted by molar-refractivity contribution is 6.32. The standard InChI is InChI=1S/C14H19ClO2/c1-14(2,16)9-5-4-6-11-7-8-12(17-3)10-13(11)15/h4,6-8,10,16H,5,9H2,1-3H3/b6-4+. The van der Waals surface area contributed by atoms with Crippen LogP contribution in [0.5, 0.6) is 5.75 Å². The van der Waals surface area contributed by atoms with E-state index < -0.39 is 5.60 Å². The zero-order valence-corrected chi connectivity index (χ0v) is 11.3. The monoisotopic (exact) mass is 254 g/mol. The summed E-state index contributed by atoms with van der Waals surface area (Å²) in [6.07, 6.45) is 5.54.